The van der Waals surface area contributed by atoms with Gasteiger partial charge >= 0.3 is 0 Å². The summed E-state index contributed by atoms with van der Waals surface area (Å²) in [7, 11) is 0. The molecular weight excluding hydrogens is 1460 g/mol. The van der Waals surface area contributed by atoms with Crippen LogP contribution in [-0.4, -0.2) is 0 Å². The van der Waals surface area contributed by atoms with Gasteiger partial charge in [0.05, 0.1) is 22.2 Å². The van der Waals surface area contributed by atoms with Crippen LogP contribution < -0.4 is 19.3 Å². The number of para-hydroxylation sites is 3. The van der Waals surface area contributed by atoms with E-state index in [1.165, 1.54) is 83.5 Å². The predicted molar refractivity (Wildman–Crippen MR) is 493 cm³/mol. The molecule has 570 valence electrons. The molecule has 0 N–H and O–H groups in total. The highest BCUT2D eigenvalue weighted by Crippen LogP contribution is 2.67. The molecule has 0 amide bonds. The average Bonchev–Trinajstić information content (AvgIpc) is 1.01. The van der Waals surface area contributed by atoms with Gasteiger partial charge in [-0.15, -0.1) is 0 Å². The summed E-state index contributed by atoms with van der Waals surface area (Å²) in [5.74, 6) is 3.47. The number of benzene rings is 18. The van der Waals surface area contributed by atoms with Crippen molar-refractivity contribution in [1.82, 2.24) is 0 Å². The fourth-order valence-corrected chi connectivity index (χ4v) is 22.2. The molecule has 1 aromatic heterocycles. The third-order valence-electron chi connectivity index (χ3n) is 27.6. The van der Waals surface area contributed by atoms with Crippen LogP contribution in [0.3, 0.4) is 0 Å². The zero-order valence-corrected chi connectivity index (χ0v) is 67.6. The van der Waals surface area contributed by atoms with Gasteiger partial charge in [-0.1, -0.05) is 333 Å². The van der Waals surface area contributed by atoms with E-state index in [1.807, 2.05) is 6.07 Å². The Morgan fingerprint density at radius 2 is 0.608 bits per heavy atom. The topological polar surface area (TPSA) is 38.1 Å². The second-order valence-electron chi connectivity index (χ2n) is 34.9. The fourth-order valence-electron chi connectivity index (χ4n) is 22.2. The molecule has 3 aliphatic carbocycles. The molecule has 2 aliphatic heterocycles. The van der Waals surface area contributed by atoms with E-state index >= 15 is 0 Å². The van der Waals surface area contributed by atoms with Crippen molar-refractivity contribution in [1.29, 1.82) is 0 Å². The summed E-state index contributed by atoms with van der Waals surface area (Å²) >= 11 is 0. The Hall–Kier alpha value is -14.5. The quantitative estimate of drug-likeness (QED) is 0.144. The molecule has 120 heavy (non-hydrogen) atoms. The third kappa shape index (κ3) is 9.77. The van der Waals surface area contributed by atoms with Gasteiger partial charge in [0.1, 0.15) is 34.2 Å². The lowest BCUT2D eigenvalue weighted by Crippen LogP contribution is -2.44. The number of hydrogen-bond acceptors (Lipinski definition) is 5. The van der Waals surface area contributed by atoms with Gasteiger partial charge in [0.25, 0.3) is 0 Å². The molecule has 0 radical (unpaired) electrons. The van der Waals surface area contributed by atoms with Gasteiger partial charge in [-0.2, -0.15) is 0 Å². The zero-order chi connectivity index (χ0) is 80.1. The van der Waals surface area contributed by atoms with Crippen LogP contribution in [0.4, 0.5) is 34.1 Å². The Labute approximate surface area is 698 Å². The van der Waals surface area contributed by atoms with Gasteiger partial charge in [0, 0.05) is 88.9 Å². The molecule has 3 heterocycles. The molecule has 19 aromatic rings. The van der Waals surface area contributed by atoms with E-state index < -0.39 is 27.1 Å². The van der Waals surface area contributed by atoms with E-state index in [0.29, 0.717) is 0 Å². The van der Waals surface area contributed by atoms with Gasteiger partial charge in [0.2, 0.25) is 0 Å². The Kier molecular flexibility index (Phi) is 15.0. The molecule has 0 bridgehead atoms. The summed E-state index contributed by atoms with van der Waals surface area (Å²) in [6, 6.07) is 145. The van der Waals surface area contributed by atoms with Crippen molar-refractivity contribution in [3.8, 4) is 67.5 Å². The van der Waals surface area contributed by atoms with Crippen molar-refractivity contribution in [2.24, 2.45) is 0 Å². The van der Waals surface area contributed by atoms with Crippen LogP contribution in [-0.2, 0) is 27.1 Å². The molecule has 18 aromatic carbocycles. The normalized spacial score (nSPS) is 16.6. The van der Waals surface area contributed by atoms with Crippen LogP contribution in [0, 0.1) is 0 Å². The molecule has 2 unspecified atom stereocenters. The average molecular weight is 1540 g/mol. The number of furan rings is 1. The molecule has 5 aliphatic rings. The van der Waals surface area contributed by atoms with E-state index in [-0.39, 0.29) is 0 Å². The molecule has 5 heteroatoms. The highest BCUT2D eigenvalue weighted by Gasteiger charge is 2.57. The maximum Gasteiger partial charge on any atom is 0.140 e. The summed E-state index contributed by atoms with van der Waals surface area (Å²) in [5.41, 5.74) is 31.7. The number of anilines is 6. The van der Waals surface area contributed by atoms with Crippen LogP contribution >= 0.6 is 0 Å². The Bertz CT molecular complexity index is 7520. The highest BCUT2D eigenvalue weighted by molar-refractivity contribution is 6.07. The van der Waals surface area contributed by atoms with E-state index in [9.17, 15) is 0 Å². The Balaban J connectivity index is 0.654. The second-order valence-corrected chi connectivity index (χ2v) is 34.9. The first-order valence-electron chi connectivity index (χ1n) is 42.0. The third-order valence-corrected chi connectivity index (χ3v) is 27.6. The SMILES string of the molecule is CC1(C)c2cc(-c3ccc4ccc5c(c4c3)Oc3ccccc3C53c4ccccc4C(C)(C)c4c(N(c5ccc(-c6ccccc6)cc5)c5ccc6c(c5)oc5ccccc56)cccc43)ccc2-c2ccc(N(c3ccc(-c4ccccc4)cc3)c3cccc4c3C(C)(C)c3ccccc3C43c4ccccc4Oc4c3ccc3ccccc43)cc21. The van der Waals surface area contributed by atoms with Crippen LogP contribution in [0.2, 0.25) is 0 Å². The molecule has 24 rings (SSSR count). The van der Waals surface area contributed by atoms with Crippen molar-refractivity contribution < 1.29 is 13.9 Å². The summed E-state index contributed by atoms with van der Waals surface area (Å²) in [5, 5.41) is 6.60. The molecule has 2 atom stereocenters. The lowest BCUT2D eigenvalue weighted by Gasteiger charge is -2.51. The molecule has 0 saturated heterocycles. The summed E-state index contributed by atoms with van der Waals surface area (Å²) < 4.78 is 21.5. The Morgan fingerprint density at radius 1 is 0.217 bits per heavy atom. The van der Waals surface area contributed by atoms with Crippen molar-refractivity contribution >= 4 is 77.6 Å². The first-order valence-corrected chi connectivity index (χ1v) is 42.0. The lowest BCUT2D eigenvalue weighted by atomic mass is 9.53. The van der Waals surface area contributed by atoms with Crippen LogP contribution in [0.15, 0.2) is 393 Å². The summed E-state index contributed by atoms with van der Waals surface area (Å²) in [4.78, 5) is 5.03. The number of nitrogens with zero attached hydrogens (tertiary/aromatic N) is 2. The zero-order valence-electron chi connectivity index (χ0n) is 67.6. The van der Waals surface area contributed by atoms with Crippen molar-refractivity contribution in [2.75, 3.05) is 9.80 Å². The predicted octanol–water partition coefficient (Wildman–Crippen LogP) is 30.4. The lowest BCUT2D eigenvalue weighted by molar-refractivity contribution is 0.430. The number of fused-ring (bicyclic) bond motifs is 26. The van der Waals surface area contributed by atoms with Gasteiger partial charge in [-0.05, 0) is 202 Å². The van der Waals surface area contributed by atoms with E-state index in [4.69, 9.17) is 13.9 Å². The van der Waals surface area contributed by atoms with Crippen molar-refractivity contribution in [2.45, 2.75) is 68.6 Å². The van der Waals surface area contributed by atoms with Gasteiger partial charge in [-0.25, -0.2) is 0 Å². The van der Waals surface area contributed by atoms with E-state index in [1.54, 1.807) is 0 Å². The maximum absolute atomic E-state index is 7.59. The molecule has 2 spiro atoms. The number of ether oxygens (including phenoxy) is 2. The van der Waals surface area contributed by atoms with Gasteiger partial charge < -0.3 is 23.7 Å². The van der Waals surface area contributed by atoms with Crippen LogP contribution in [0.25, 0.3) is 88.0 Å². The first kappa shape index (κ1) is 69.8. The number of hydrogen-bond donors (Lipinski definition) is 0. The number of rotatable bonds is 9. The molecule has 5 nitrogen and oxygen atoms in total. The van der Waals surface area contributed by atoms with Crippen molar-refractivity contribution in [3.05, 3.63) is 466 Å². The molecule has 0 fully saturated rings. The van der Waals surface area contributed by atoms with E-state index in [0.717, 1.165) is 140 Å². The molecule has 0 saturated carbocycles. The smallest absolute Gasteiger partial charge is 0.140 e. The highest BCUT2D eigenvalue weighted by atomic mass is 16.5. The second kappa shape index (κ2) is 25.7. The van der Waals surface area contributed by atoms with Crippen LogP contribution in [0.1, 0.15) is 119 Å². The summed E-state index contributed by atoms with van der Waals surface area (Å²) in [6.07, 6.45) is 0. The minimum atomic E-state index is -0.830. The first-order chi connectivity index (χ1) is 58.8. The van der Waals surface area contributed by atoms with Gasteiger partial charge in [0.15, 0.2) is 0 Å². The van der Waals surface area contributed by atoms with Crippen LogP contribution in [0.5, 0.6) is 23.0 Å². The van der Waals surface area contributed by atoms with Crippen molar-refractivity contribution in [3.63, 3.8) is 0 Å². The minimum absolute atomic E-state index is 0.415. The largest absolute Gasteiger partial charge is 0.456 e. The monoisotopic (exact) mass is 1540 g/mol. The summed E-state index contributed by atoms with van der Waals surface area (Å²) in [6.45, 7) is 14.6. The van der Waals surface area contributed by atoms with Gasteiger partial charge in [-0.3, -0.25) is 0 Å². The fraction of sp³-hybridized carbons (Fsp3) is 0.0957. The Morgan fingerprint density at radius 3 is 1.18 bits per heavy atom. The molecular formula is C115H82N2O3. The minimum Gasteiger partial charge on any atom is -0.456 e. The maximum atomic E-state index is 7.59. The van der Waals surface area contributed by atoms with E-state index in [2.05, 4.69) is 434 Å². The standard InChI is InChI=1S/C115H82N2O3/c1-111(2)99-68-78(53-62-84(99)85-63-60-81(69-100(85)111)116(79-56-49-73(50-57-79)71-27-9-7-10-28-71)101-42-25-40-95-107(101)112(3,4)89-34-16-18-36-91(89)114(95)93-38-20-23-45-104(93)119-109-83-32-14-13-31-75(83)54-65-97(109)114)77-48-47-76-55-66-98-110(88(76)67-77)120-105-46-24-21-39-94(105)115(98)92-37-19-17-35-90(92)113(5,6)108-96(115)41-26-43-102(108)117(80-58-51-74(52-59-80)72-29-11-8-12-30-72)82-61-64-87-86-33-15-22-44-103(86)118-106(87)70-82/h7-70H,1-6H3.